The van der Waals surface area contributed by atoms with Gasteiger partial charge in [-0.3, -0.25) is 9.36 Å². The standard InChI is InChI=1S/C20H27N5O2/c1-13-11-23-20(27)25(13)17-4-2-3-16(10-17)24-19(26)18-9-15(12-22-18)14-5-7-21-8-6-14/h2-4,10-11,14-15,18,21-22H,5-9,12H2,1H3,(H,23,27)(H,24,26)/t15-,18-/m0/s1. The number of nitrogens with one attached hydrogen (secondary N) is 4. The third kappa shape index (κ3) is 3.84. The van der Waals surface area contributed by atoms with Crippen LogP contribution in [0.3, 0.4) is 0 Å². The van der Waals surface area contributed by atoms with Crippen LogP contribution in [0.2, 0.25) is 0 Å². The lowest BCUT2D eigenvalue weighted by Crippen LogP contribution is -2.35. The van der Waals surface area contributed by atoms with Crippen molar-refractivity contribution in [1.29, 1.82) is 0 Å². The van der Waals surface area contributed by atoms with E-state index in [1.165, 1.54) is 12.8 Å². The lowest BCUT2D eigenvalue weighted by molar-refractivity contribution is -0.117. The Labute approximate surface area is 158 Å². The summed E-state index contributed by atoms with van der Waals surface area (Å²) in [4.78, 5) is 27.4. The number of hydrogen-bond donors (Lipinski definition) is 4. The number of benzene rings is 1. The quantitative estimate of drug-likeness (QED) is 0.656. The zero-order valence-electron chi connectivity index (χ0n) is 15.6. The molecular formula is C20H27N5O2. The van der Waals surface area contributed by atoms with E-state index in [0.29, 0.717) is 17.5 Å². The summed E-state index contributed by atoms with van der Waals surface area (Å²) in [6.45, 7) is 4.96. The molecule has 27 heavy (non-hydrogen) atoms. The number of aromatic amines is 1. The summed E-state index contributed by atoms with van der Waals surface area (Å²) in [5.74, 6) is 1.29. The second-order valence-corrected chi connectivity index (χ2v) is 7.65. The maximum absolute atomic E-state index is 12.7. The molecule has 144 valence electrons. The van der Waals surface area contributed by atoms with E-state index in [2.05, 4.69) is 20.9 Å². The topological polar surface area (TPSA) is 91.0 Å². The highest BCUT2D eigenvalue weighted by atomic mass is 16.2. The van der Waals surface area contributed by atoms with Crippen molar-refractivity contribution >= 4 is 11.6 Å². The van der Waals surface area contributed by atoms with Crippen LogP contribution in [0.15, 0.2) is 35.3 Å². The molecule has 2 saturated heterocycles. The molecule has 1 amide bonds. The molecule has 2 aromatic rings. The van der Waals surface area contributed by atoms with Crippen LogP contribution >= 0.6 is 0 Å². The SMILES string of the molecule is Cc1c[nH]c(=O)n1-c1cccc(NC(=O)[C@@H]2C[C@H](C3CCNCC3)CN2)c1. The van der Waals surface area contributed by atoms with Crippen molar-refractivity contribution in [2.75, 3.05) is 25.0 Å². The number of aryl methyl sites for hydroxylation is 1. The molecule has 0 bridgehead atoms. The molecular weight excluding hydrogens is 342 g/mol. The number of H-pyrrole nitrogens is 1. The largest absolute Gasteiger partial charge is 0.330 e. The molecule has 0 radical (unpaired) electrons. The molecule has 1 aromatic heterocycles. The van der Waals surface area contributed by atoms with E-state index in [4.69, 9.17) is 0 Å². The lowest BCUT2D eigenvalue weighted by atomic mass is 9.83. The van der Waals surface area contributed by atoms with Gasteiger partial charge in [0.2, 0.25) is 5.91 Å². The third-order valence-corrected chi connectivity index (χ3v) is 5.86. The van der Waals surface area contributed by atoms with Gasteiger partial charge in [0.25, 0.3) is 0 Å². The monoisotopic (exact) mass is 369 g/mol. The van der Waals surface area contributed by atoms with Gasteiger partial charge in [0.15, 0.2) is 0 Å². The molecule has 2 aliphatic rings. The van der Waals surface area contributed by atoms with Gasteiger partial charge >= 0.3 is 5.69 Å². The van der Waals surface area contributed by atoms with Gasteiger partial charge in [-0.15, -0.1) is 0 Å². The van der Waals surface area contributed by atoms with Gasteiger partial charge in [0, 0.05) is 17.6 Å². The maximum atomic E-state index is 12.7. The summed E-state index contributed by atoms with van der Waals surface area (Å²) in [5, 5.41) is 9.80. The molecule has 0 spiro atoms. The van der Waals surface area contributed by atoms with Crippen molar-refractivity contribution in [1.82, 2.24) is 20.2 Å². The fourth-order valence-electron chi connectivity index (χ4n) is 4.37. The van der Waals surface area contributed by atoms with Gasteiger partial charge in [0.1, 0.15) is 0 Å². The summed E-state index contributed by atoms with van der Waals surface area (Å²) < 4.78 is 1.59. The van der Waals surface area contributed by atoms with E-state index in [0.717, 1.165) is 37.4 Å². The van der Waals surface area contributed by atoms with Crippen LogP contribution in [0.25, 0.3) is 5.69 Å². The van der Waals surface area contributed by atoms with E-state index in [9.17, 15) is 9.59 Å². The Morgan fingerprint density at radius 1 is 1.22 bits per heavy atom. The minimum absolute atomic E-state index is 0.00159. The molecule has 2 fully saturated rings. The number of anilines is 1. The van der Waals surface area contributed by atoms with Crippen LogP contribution in [-0.2, 0) is 4.79 Å². The minimum atomic E-state index is -0.182. The zero-order chi connectivity index (χ0) is 18.8. The van der Waals surface area contributed by atoms with Crippen LogP contribution in [0.4, 0.5) is 5.69 Å². The number of piperidine rings is 1. The van der Waals surface area contributed by atoms with Gasteiger partial charge in [-0.1, -0.05) is 6.07 Å². The Bertz CT molecular complexity index is 865. The number of rotatable bonds is 4. The molecule has 0 unspecified atom stereocenters. The Balaban J connectivity index is 1.41. The summed E-state index contributed by atoms with van der Waals surface area (Å²) in [6.07, 6.45) is 4.98. The van der Waals surface area contributed by atoms with Crippen LogP contribution in [0, 0.1) is 18.8 Å². The van der Waals surface area contributed by atoms with E-state index in [1.54, 1.807) is 10.8 Å². The Hall–Kier alpha value is -2.38. The van der Waals surface area contributed by atoms with Crippen LogP contribution in [0.5, 0.6) is 0 Å². The Morgan fingerprint density at radius 2 is 2.04 bits per heavy atom. The summed E-state index contributed by atoms with van der Waals surface area (Å²) in [7, 11) is 0. The van der Waals surface area contributed by atoms with Gasteiger partial charge in [0.05, 0.1) is 11.7 Å². The first-order valence-corrected chi connectivity index (χ1v) is 9.74. The summed E-state index contributed by atoms with van der Waals surface area (Å²) in [5.41, 5.74) is 2.09. The number of carbonyl (C=O) groups is 1. The second kappa shape index (κ2) is 7.70. The molecule has 7 heteroatoms. The molecule has 4 rings (SSSR count). The number of aromatic nitrogens is 2. The van der Waals surface area contributed by atoms with Crippen molar-refractivity contribution < 1.29 is 4.79 Å². The average Bonchev–Trinajstić information content (AvgIpc) is 3.30. The highest BCUT2D eigenvalue weighted by molar-refractivity contribution is 5.95. The number of carbonyl (C=O) groups excluding carboxylic acids is 1. The highest BCUT2D eigenvalue weighted by Crippen LogP contribution is 2.29. The first kappa shape index (κ1) is 18.0. The summed E-state index contributed by atoms with van der Waals surface area (Å²) in [6, 6.07) is 7.25. The van der Waals surface area contributed by atoms with E-state index < -0.39 is 0 Å². The number of amides is 1. The second-order valence-electron chi connectivity index (χ2n) is 7.65. The maximum Gasteiger partial charge on any atom is 0.330 e. The number of nitrogens with zero attached hydrogens (tertiary/aromatic N) is 1. The van der Waals surface area contributed by atoms with Crippen molar-refractivity contribution in [3.8, 4) is 5.69 Å². The molecule has 3 heterocycles. The molecule has 7 nitrogen and oxygen atoms in total. The van der Waals surface area contributed by atoms with E-state index >= 15 is 0 Å². The lowest BCUT2D eigenvalue weighted by Gasteiger charge is -2.27. The van der Waals surface area contributed by atoms with Crippen molar-refractivity contribution in [2.24, 2.45) is 11.8 Å². The molecule has 1 aromatic carbocycles. The first-order valence-electron chi connectivity index (χ1n) is 9.74. The van der Waals surface area contributed by atoms with Crippen molar-refractivity contribution in [3.05, 3.63) is 46.6 Å². The predicted octanol–water partition coefficient (Wildman–Crippen LogP) is 1.39. The van der Waals surface area contributed by atoms with Crippen LogP contribution in [-0.4, -0.2) is 41.1 Å². The fraction of sp³-hybridized carbons (Fsp3) is 0.500. The Morgan fingerprint density at radius 3 is 2.78 bits per heavy atom. The Kier molecular flexibility index (Phi) is 5.13. The molecule has 0 saturated carbocycles. The zero-order valence-corrected chi connectivity index (χ0v) is 15.6. The average molecular weight is 369 g/mol. The minimum Gasteiger partial charge on any atom is -0.325 e. The van der Waals surface area contributed by atoms with Gasteiger partial charge in [-0.2, -0.15) is 0 Å². The molecule has 0 aliphatic carbocycles. The van der Waals surface area contributed by atoms with E-state index in [-0.39, 0.29) is 17.6 Å². The smallest absolute Gasteiger partial charge is 0.325 e. The normalized spacial score (nSPS) is 23.4. The van der Waals surface area contributed by atoms with Crippen LogP contribution in [0.1, 0.15) is 25.0 Å². The first-order chi connectivity index (χ1) is 13.1. The fourth-order valence-corrected chi connectivity index (χ4v) is 4.37. The molecule has 2 aliphatic heterocycles. The predicted molar refractivity (Wildman–Crippen MR) is 105 cm³/mol. The molecule has 4 N–H and O–H groups in total. The highest BCUT2D eigenvalue weighted by Gasteiger charge is 2.34. The van der Waals surface area contributed by atoms with Crippen molar-refractivity contribution in [3.63, 3.8) is 0 Å². The number of imidazole rings is 1. The molecule has 2 atom stereocenters. The van der Waals surface area contributed by atoms with Gasteiger partial charge < -0.3 is 20.9 Å². The van der Waals surface area contributed by atoms with E-state index in [1.807, 2.05) is 31.2 Å². The summed E-state index contributed by atoms with van der Waals surface area (Å²) >= 11 is 0. The van der Waals surface area contributed by atoms with Crippen molar-refractivity contribution in [2.45, 2.75) is 32.2 Å². The van der Waals surface area contributed by atoms with Crippen LogP contribution < -0.4 is 21.6 Å². The third-order valence-electron chi connectivity index (χ3n) is 5.86. The van der Waals surface area contributed by atoms with Gasteiger partial charge in [-0.25, -0.2) is 4.79 Å². The van der Waals surface area contributed by atoms with Gasteiger partial charge in [-0.05, 0) is 75.9 Å². The number of hydrogen-bond acceptors (Lipinski definition) is 4.